The molecule has 1 amide bonds. The SMILES string of the molecule is COc1cc(CNC(=O)c2cc(C3=NOC(c4cccc(CN5CCOCC5)c4)C3)nc(C)n2)ccc1F. The van der Waals surface area contributed by atoms with Crippen LogP contribution in [0.1, 0.15) is 51.2 Å². The van der Waals surface area contributed by atoms with Crippen molar-refractivity contribution in [2.24, 2.45) is 5.16 Å². The molecule has 10 heteroatoms. The number of nitrogens with one attached hydrogen (secondary N) is 1. The molecule has 5 rings (SSSR count). The number of aryl methyl sites for hydroxylation is 1. The molecule has 1 saturated heterocycles. The van der Waals surface area contributed by atoms with Crippen molar-refractivity contribution in [3.63, 3.8) is 0 Å². The fourth-order valence-electron chi connectivity index (χ4n) is 4.54. The number of carbonyl (C=O) groups excluding carboxylic acids is 1. The van der Waals surface area contributed by atoms with Crippen LogP contribution in [-0.4, -0.2) is 59.9 Å². The van der Waals surface area contributed by atoms with Gasteiger partial charge >= 0.3 is 0 Å². The minimum Gasteiger partial charge on any atom is -0.494 e. The number of morpholine rings is 1. The molecule has 0 spiro atoms. The quantitative estimate of drug-likeness (QED) is 0.486. The van der Waals surface area contributed by atoms with Gasteiger partial charge in [0, 0.05) is 32.6 Å². The van der Waals surface area contributed by atoms with Crippen LogP contribution in [0.15, 0.2) is 53.7 Å². The lowest BCUT2D eigenvalue weighted by molar-refractivity contribution is 0.0341. The number of oxime groups is 1. The Hall–Kier alpha value is -3.89. The molecule has 1 aromatic heterocycles. The van der Waals surface area contributed by atoms with E-state index < -0.39 is 5.82 Å². The number of hydrogen-bond donors (Lipinski definition) is 1. The smallest absolute Gasteiger partial charge is 0.270 e. The molecule has 0 bridgehead atoms. The minimum atomic E-state index is -0.458. The Morgan fingerprint density at radius 3 is 2.79 bits per heavy atom. The molecule has 2 aliphatic rings. The molecule has 1 unspecified atom stereocenters. The van der Waals surface area contributed by atoms with Gasteiger partial charge in [0.1, 0.15) is 17.2 Å². The normalized spacial score (nSPS) is 17.6. The van der Waals surface area contributed by atoms with E-state index in [9.17, 15) is 9.18 Å². The Kier molecular flexibility index (Phi) is 7.90. The van der Waals surface area contributed by atoms with Crippen molar-refractivity contribution >= 4 is 11.6 Å². The van der Waals surface area contributed by atoms with Crippen molar-refractivity contribution in [3.05, 3.63) is 88.3 Å². The summed E-state index contributed by atoms with van der Waals surface area (Å²) in [5, 5.41) is 7.11. The second kappa shape index (κ2) is 11.7. The van der Waals surface area contributed by atoms with Gasteiger partial charge < -0.3 is 19.6 Å². The highest BCUT2D eigenvalue weighted by atomic mass is 19.1. The summed E-state index contributed by atoms with van der Waals surface area (Å²) in [6, 6.07) is 14.4. The second-order valence-electron chi connectivity index (χ2n) is 9.31. The van der Waals surface area contributed by atoms with Crippen molar-refractivity contribution in [3.8, 4) is 5.75 Å². The predicted octanol–water partition coefficient (Wildman–Crippen LogP) is 3.56. The Morgan fingerprint density at radius 2 is 1.97 bits per heavy atom. The summed E-state index contributed by atoms with van der Waals surface area (Å²) in [6.07, 6.45) is 0.309. The zero-order valence-corrected chi connectivity index (χ0v) is 21.4. The summed E-state index contributed by atoms with van der Waals surface area (Å²) in [5.41, 5.74) is 4.41. The third-order valence-electron chi connectivity index (χ3n) is 6.54. The van der Waals surface area contributed by atoms with E-state index in [0.29, 0.717) is 29.2 Å². The van der Waals surface area contributed by atoms with Gasteiger partial charge in [-0.1, -0.05) is 35.5 Å². The fraction of sp³-hybridized carbons (Fsp3) is 0.357. The van der Waals surface area contributed by atoms with Gasteiger partial charge in [0.25, 0.3) is 5.91 Å². The number of hydrogen-bond acceptors (Lipinski definition) is 8. The van der Waals surface area contributed by atoms with E-state index in [1.165, 1.54) is 18.7 Å². The number of ether oxygens (including phenoxy) is 2. The summed E-state index contributed by atoms with van der Waals surface area (Å²) in [7, 11) is 1.40. The standard InChI is InChI=1S/C28H30FN5O4/c1-18-31-23(14-25(32-18)28(35)30-16-19-6-7-22(29)27(13-19)36-2)24-15-26(38-33-24)21-5-3-4-20(12-21)17-34-8-10-37-11-9-34/h3-7,12-14,26H,8-11,15-17H2,1-2H3,(H,30,35). The number of aromatic nitrogens is 2. The first-order valence-electron chi connectivity index (χ1n) is 12.6. The second-order valence-corrected chi connectivity index (χ2v) is 9.31. The van der Waals surface area contributed by atoms with E-state index in [-0.39, 0.29) is 30.0 Å². The van der Waals surface area contributed by atoms with Gasteiger partial charge in [-0.05, 0) is 41.8 Å². The van der Waals surface area contributed by atoms with Gasteiger partial charge in [-0.3, -0.25) is 9.69 Å². The predicted molar refractivity (Wildman–Crippen MR) is 138 cm³/mol. The van der Waals surface area contributed by atoms with Crippen LogP contribution in [0.5, 0.6) is 5.75 Å². The van der Waals surface area contributed by atoms with Gasteiger partial charge in [-0.15, -0.1) is 0 Å². The third-order valence-corrected chi connectivity index (χ3v) is 6.54. The molecule has 198 valence electrons. The van der Waals surface area contributed by atoms with Crippen molar-refractivity contribution in [1.29, 1.82) is 0 Å². The van der Waals surface area contributed by atoms with Crippen LogP contribution in [0.2, 0.25) is 0 Å². The van der Waals surface area contributed by atoms with Gasteiger partial charge in [0.15, 0.2) is 17.7 Å². The molecule has 3 heterocycles. The van der Waals surface area contributed by atoms with Crippen LogP contribution in [0.4, 0.5) is 4.39 Å². The monoisotopic (exact) mass is 519 g/mol. The molecular weight excluding hydrogens is 489 g/mol. The van der Waals surface area contributed by atoms with Crippen LogP contribution < -0.4 is 10.1 Å². The molecule has 1 N–H and O–H groups in total. The number of amides is 1. The van der Waals surface area contributed by atoms with E-state index in [2.05, 4.69) is 37.5 Å². The first-order valence-corrected chi connectivity index (χ1v) is 12.6. The molecule has 0 radical (unpaired) electrons. The number of nitrogens with zero attached hydrogens (tertiary/aromatic N) is 4. The summed E-state index contributed by atoms with van der Waals surface area (Å²) >= 11 is 0. The first kappa shape index (κ1) is 25.7. The molecule has 2 aromatic carbocycles. The topological polar surface area (TPSA) is 98.2 Å². The van der Waals surface area contributed by atoms with Gasteiger partial charge in [-0.2, -0.15) is 0 Å². The average Bonchev–Trinajstić information content (AvgIpc) is 3.43. The molecule has 2 aliphatic heterocycles. The van der Waals surface area contributed by atoms with Crippen molar-refractivity contribution < 1.29 is 23.5 Å². The van der Waals surface area contributed by atoms with E-state index in [0.717, 1.165) is 38.4 Å². The number of methoxy groups -OCH3 is 1. The highest BCUT2D eigenvalue weighted by molar-refractivity contribution is 6.02. The molecular formula is C28H30FN5O4. The number of benzene rings is 2. The summed E-state index contributed by atoms with van der Waals surface area (Å²) in [6.45, 7) is 6.18. The maximum atomic E-state index is 13.7. The van der Waals surface area contributed by atoms with Gasteiger partial charge in [0.2, 0.25) is 0 Å². The van der Waals surface area contributed by atoms with E-state index in [1.807, 2.05) is 12.1 Å². The molecule has 1 atom stereocenters. The zero-order chi connectivity index (χ0) is 26.5. The minimum absolute atomic E-state index is 0.123. The van der Waals surface area contributed by atoms with E-state index in [4.69, 9.17) is 14.3 Å². The lowest BCUT2D eigenvalue weighted by Crippen LogP contribution is -2.35. The average molecular weight is 520 g/mol. The molecule has 9 nitrogen and oxygen atoms in total. The van der Waals surface area contributed by atoms with Gasteiger partial charge in [0.05, 0.1) is 26.0 Å². The molecule has 0 aliphatic carbocycles. The fourth-order valence-corrected chi connectivity index (χ4v) is 4.54. The highest BCUT2D eigenvalue weighted by Crippen LogP contribution is 2.30. The van der Waals surface area contributed by atoms with E-state index >= 15 is 0 Å². The first-order chi connectivity index (χ1) is 18.5. The Bertz CT molecular complexity index is 1340. The van der Waals surface area contributed by atoms with Crippen molar-refractivity contribution in [2.75, 3.05) is 33.4 Å². The number of carbonyl (C=O) groups is 1. The summed E-state index contributed by atoms with van der Waals surface area (Å²) < 4.78 is 24.1. The summed E-state index contributed by atoms with van der Waals surface area (Å²) in [4.78, 5) is 29.8. The zero-order valence-electron chi connectivity index (χ0n) is 21.4. The lowest BCUT2D eigenvalue weighted by Gasteiger charge is -2.26. The van der Waals surface area contributed by atoms with Crippen LogP contribution in [0, 0.1) is 12.7 Å². The van der Waals surface area contributed by atoms with Crippen molar-refractivity contribution in [2.45, 2.75) is 32.5 Å². The van der Waals surface area contributed by atoms with Gasteiger partial charge in [-0.25, -0.2) is 14.4 Å². The Morgan fingerprint density at radius 1 is 1.13 bits per heavy atom. The maximum absolute atomic E-state index is 13.7. The summed E-state index contributed by atoms with van der Waals surface area (Å²) in [5.74, 6) is -0.251. The molecule has 38 heavy (non-hydrogen) atoms. The third kappa shape index (κ3) is 6.15. The molecule has 0 saturated carbocycles. The Labute approximate surface area is 220 Å². The van der Waals surface area contributed by atoms with Crippen LogP contribution in [0.3, 0.4) is 0 Å². The van der Waals surface area contributed by atoms with Crippen molar-refractivity contribution in [1.82, 2.24) is 20.2 Å². The molecule has 3 aromatic rings. The highest BCUT2D eigenvalue weighted by Gasteiger charge is 2.26. The van der Waals surface area contributed by atoms with Crippen LogP contribution in [-0.2, 0) is 22.7 Å². The number of halogens is 1. The largest absolute Gasteiger partial charge is 0.494 e. The molecule has 1 fully saturated rings. The maximum Gasteiger partial charge on any atom is 0.270 e. The van der Waals surface area contributed by atoms with Crippen LogP contribution >= 0.6 is 0 Å². The number of rotatable bonds is 8. The Balaban J connectivity index is 1.23. The van der Waals surface area contributed by atoms with E-state index in [1.54, 1.807) is 25.1 Å². The van der Waals surface area contributed by atoms with Crippen LogP contribution in [0.25, 0.3) is 0 Å². The lowest BCUT2D eigenvalue weighted by atomic mass is 10.0.